The predicted molar refractivity (Wildman–Crippen MR) is 140 cm³/mol. The molecule has 8 heteroatoms. The molecule has 1 aliphatic rings. The van der Waals surface area contributed by atoms with Gasteiger partial charge < -0.3 is 20.3 Å². The van der Waals surface area contributed by atoms with Crippen LogP contribution < -0.4 is 15.4 Å². The number of nitrogens with two attached hydrogens (primary N) is 1. The molecule has 1 aliphatic heterocycles. The van der Waals surface area contributed by atoms with E-state index in [-0.39, 0.29) is 17.6 Å². The second-order valence-corrected chi connectivity index (χ2v) is 8.92. The number of hydrogen-bond acceptors (Lipinski definition) is 6. The van der Waals surface area contributed by atoms with Crippen LogP contribution in [0.2, 0.25) is 0 Å². The van der Waals surface area contributed by atoms with Crippen LogP contribution in [0.4, 0.5) is 5.69 Å². The van der Waals surface area contributed by atoms with Gasteiger partial charge in [0, 0.05) is 48.8 Å². The van der Waals surface area contributed by atoms with Gasteiger partial charge in [0.2, 0.25) is 5.91 Å². The minimum atomic E-state index is -0.602. The van der Waals surface area contributed by atoms with Crippen molar-refractivity contribution < 1.29 is 14.3 Å². The summed E-state index contributed by atoms with van der Waals surface area (Å²) in [7, 11) is 1.61. The molecule has 36 heavy (non-hydrogen) atoms. The molecule has 2 heterocycles. The molecule has 184 valence electrons. The van der Waals surface area contributed by atoms with Crippen LogP contribution in [0.25, 0.3) is 21.9 Å². The van der Waals surface area contributed by atoms with E-state index in [0.717, 1.165) is 34.9 Å². The average Bonchev–Trinajstić information content (AvgIpc) is 2.90. The number of ether oxygens (including phenoxy) is 1. The highest BCUT2D eigenvalue weighted by atomic mass is 16.5. The molecule has 1 atom stereocenters. The van der Waals surface area contributed by atoms with Crippen LogP contribution in [0.15, 0.2) is 60.8 Å². The number of primary amides is 1. The largest absolute Gasteiger partial charge is 0.495 e. The van der Waals surface area contributed by atoms with E-state index in [4.69, 9.17) is 10.5 Å². The first-order valence-electron chi connectivity index (χ1n) is 11.8. The van der Waals surface area contributed by atoms with Crippen molar-refractivity contribution in [1.29, 1.82) is 5.26 Å². The van der Waals surface area contributed by atoms with E-state index in [1.807, 2.05) is 41.3 Å². The maximum absolute atomic E-state index is 12.2. The Balaban J connectivity index is 1.92. The number of carbonyl (C=O) groups excluding carboxylic acids is 2. The van der Waals surface area contributed by atoms with Crippen LogP contribution in [0.3, 0.4) is 0 Å². The van der Waals surface area contributed by atoms with Gasteiger partial charge in [0.25, 0.3) is 5.91 Å². The second-order valence-electron chi connectivity index (χ2n) is 8.92. The molecule has 0 spiro atoms. The number of anilines is 1. The number of amides is 2. The van der Waals surface area contributed by atoms with Crippen LogP contribution in [0, 0.1) is 11.3 Å². The second kappa shape index (κ2) is 10.5. The first-order chi connectivity index (χ1) is 17.3. The normalized spacial score (nSPS) is 15.2. The molecular weight excluding hydrogens is 454 g/mol. The standard InChI is InChI=1S/C28H29N5O3/c1-18(15-29)16-33(22-6-5-13-32(17-22)19(2)34)27-24-14-21(9-8-20(24)10-11-25(27)36-3)23-7-4-12-31-26(23)28(30)35/h4,7-12,14,22H,1,5-6,13,16-17H2,2-3H3,(H2,30,35)/t22-/m1/s1. The van der Waals surface area contributed by atoms with Gasteiger partial charge in [0.15, 0.2) is 0 Å². The third-order valence-corrected chi connectivity index (χ3v) is 6.62. The highest BCUT2D eigenvalue weighted by Gasteiger charge is 2.30. The Morgan fingerprint density at radius 3 is 2.78 bits per heavy atom. The maximum Gasteiger partial charge on any atom is 0.267 e. The molecule has 0 radical (unpaired) electrons. The smallest absolute Gasteiger partial charge is 0.267 e. The molecule has 3 aromatic rings. The van der Waals surface area contributed by atoms with Gasteiger partial charge in [0.1, 0.15) is 11.4 Å². The number of methoxy groups -OCH3 is 1. The first-order valence-corrected chi connectivity index (χ1v) is 11.8. The summed E-state index contributed by atoms with van der Waals surface area (Å²) >= 11 is 0. The van der Waals surface area contributed by atoms with Gasteiger partial charge in [-0.05, 0) is 42.0 Å². The number of carbonyl (C=O) groups is 2. The van der Waals surface area contributed by atoms with Crippen molar-refractivity contribution in [1.82, 2.24) is 9.88 Å². The van der Waals surface area contributed by atoms with E-state index < -0.39 is 5.91 Å². The lowest BCUT2D eigenvalue weighted by atomic mass is 9.96. The van der Waals surface area contributed by atoms with Crippen molar-refractivity contribution >= 4 is 28.3 Å². The molecule has 1 fully saturated rings. The number of pyridine rings is 1. The van der Waals surface area contributed by atoms with Crippen LogP contribution in [-0.4, -0.2) is 54.5 Å². The minimum absolute atomic E-state index is 0.0292. The van der Waals surface area contributed by atoms with Gasteiger partial charge in [-0.3, -0.25) is 14.6 Å². The molecule has 8 nitrogen and oxygen atoms in total. The molecule has 0 unspecified atom stereocenters. The van der Waals surface area contributed by atoms with Gasteiger partial charge >= 0.3 is 0 Å². The van der Waals surface area contributed by atoms with Gasteiger partial charge in [0.05, 0.1) is 25.4 Å². The average molecular weight is 484 g/mol. The van der Waals surface area contributed by atoms with Crippen LogP contribution >= 0.6 is 0 Å². The quantitative estimate of drug-likeness (QED) is 0.510. The number of aromatic nitrogens is 1. The molecule has 0 aliphatic carbocycles. The van der Waals surface area contributed by atoms with E-state index in [1.165, 1.54) is 6.20 Å². The van der Waals surface area contributed by atoms with Crippen molar-refractivity contribution in [2.24, 2.45) is 5.73 Å². The van der Waals surface area contributed by atoms with Crippen LogP contribution in [-0.2, 0) is 4.79 Å². The summed E-state index contributed by atoms with van der Waals surface area (Å²) in [6.45, 7) is 7.07. The molecule has 0 bridgehead atoms. The van der Waals surface area contributed by atoms with Crippen LogP contribution in [0.5, 0.6) is 5.75 Å². The Morgan fingerprint density at radius 1 is 1.31 bits per heavy atom. The van der Waals surface area contributed by atoms with Crippen molar-refractivity contribution in [2.75, 3.05) is 31.6 Å². The summed E-state index contributed by atoms with van der Waals surface area (Å²) in [5, 5.41) is 11.4. The Hall–Kier alpha value is -4.38. The van der Waals surface area contributed by atoms with Crippen molar-refractivity contribution in [3.63, 3.8) is 0 Å². The summed E-state index contributed by atoms with van der Waals surface area (Å²) in [4.78, 5) is 32.4. The number of likely N-dealkylation sites (tertiary alicyclic amines) is 1. The fraction of sp³-hybridized carbons (Fsp3) is 0.286. The zero-order chi connectivity index (χ0) is 25.8. The maximum atomic E-state index is 12.2. The Labute approximate surface area is 210 Å². The van der Waals surface area contributed by atoms with Crippen LogP contribution in [0.1, 0.15) is 30.3 Å². The van der Waals surface area contributed by atoms with E-state index in [0.29, 0.717) is 36.5 Å². The molecule has 0 saturated carbocycles. The van der Waals surface area contributed by atoms with Gasteiger partial charge in [-0.1, -0.05) is 30.8 Å². The number of nitriles is 1. The number of fused-ring (bicyclic) bond motifs is 1. The number of nitrogens with zero attached hydrogens (tertiary/aromatic N) is 4. The Morgan fingerprint density at radius 2 is 2.08 bits per heavy atom. The number of benzene rings is 2. The number of hydrogen-bond donors (Lipinski definition) is 1. The highest BCUT2D eigenvalue weighted by molar-refractivity contribution is 6.03. The molecule has 4 rings (SSSR count). The summed E-state index contributed by atoms with van der Waals surface area (Å²) in [5.74, 6) is 0.0724. The monoisotopic (exact) mass is 483 g/mol. The number of rotatable bonds is 7. The van der Waals surface area contributed by atoms with E-state index in [2.05, 4.69) is 22.5 Å². The molecule has 2 N–H and O–H groups in total. The molecule has 2 aromatic carbocycles. The van der Waals surface area contributed by atoms with Crippen molar-refractivity contribution in [2.45, 2.75) is 25.8 Å². The topological polar surface area (TPSA) is 113 Å². The third kappa shape index (κ3) is 4.86. The lowest BCUT2D eigenvalue weighted by Crippen LogP contribution is -2.50. The zero-order valence-corrected chi connectivity index (χ0v) is 20.5. The van der Waals surface area contributed by atoms with Gasteiger partial charge in [-0.2, -0.15) is 5.26 Å². The van der Waals surface area contributed by atoms with E-state index in [1.54, 1.807) is 20.1 Å². The number of piperidine rings is 1. The third-order valence-electron chi connectivity index (χ3n) is 6.62. The summed E-state index contributed by atoms with van der Waals surface area (Å²) in [5.41, 5.74) is 8.43. The lowest BCUT2D eigenvalue weighted by Gasteiger charge is -2.41. The fourth-order valence-corrected chi connectivity index (χ4v) is 4.87. The summed E-state index contributed by atoms with van der Waals surface area (Å²) in [6, 6.07) is 15.5. The highest BCUT2D eigenvalue weighted by Crippen LogP contribution is 2.41. The molecule has 2 amide bonds. The minimum Gasteiger partial charge on any atom is -0.495 e. The Kier molecular flexibility index (Phi) is 7.20. The first kappa shape index (κ1) is 24.7. The lowest BCUT2D eigenvalue weighted by molar-refractivity contribution is -0.129. The SMILES string of the molecule is C=C(C#N)CN(c1c(OC)ccc2ccc(-c3cccnc3C(N)=O)cc12)[C@@H]1CCCN(C(C)=O)C1. The molecule has 1 aromatic heterocycles. The van der Waals surface area contributed by atoms with Gasteiger partial charge in [-0.25, -0.2) is 0 Å². The van der Waals surface area contributed by atoms with Crippen molar-refractivity contribution in [3.8, 4) is 22.9 Å². The zero-order valence-electron chi connectivity index (χ0n) is 20.5. The fourth-order valence-electron chi connectivity index (χ4n) is 4.87. The molecule has 1 saturated heterocycles. The van der Waals surface area contributed by atoms with E-state index in [9.17, 15) is 14.9 Å². The predicted octanol–water partition coefficient (Wildman–Crippen LogP) is 3.91. The van der Waals surface area contributed by atoms with Crippen molar-refractivity contribution in [3.05, 3.63) is 66.5 Å². The molecular formula is C28H29N5O3. The summed E-state index contributed by atoms with van der Waals surface area (Å²) < 4.78 is 5.80. The van der Waals surface area contributed by atoms with Gasteiger partial charge in [-0.15, -0.1) is 0 Å². The summed E-state index contributed by atoms with van der Waals surface area (Å²) in [6.07, 6.45) is 3.25. The Bertz CT molecular complexity index is 1380. The van der Waals surface area contributed by atoms with E-state index >= 15 is 0 Å².